The van der Waals surface area contributed by atoms with Crippen molar-refractivity contribution in [1.29, 1.82) is 0 Å². The van der Waals surface area contributed by atoms with Crippen molar-refractivity contribution in [2.75, 3.05) is 5.75 Å². The Balaban J connectivity index is 1.52. The molecule has 0 bridgehead atoms. The average Bonchev–Trinajstić information content (AvgIpc) is 2.98. The van der Waals surface area contributed by atoms with E-state index in [1.54, 1.807) is 12.1 Å². The standard InChI is InChI=1S/C23H26FN3OS/c1-16-22(17(2)27(26-16)14-19-7-5-4-6-8-19)13-25-23(28)15-29-18(3)20-9-11-21(24)12-10-20/h4-12,18H,13-15H2,1-3H3,(H,25,28). The van der Waals surface area contributed by atoms with Crippen LogP contribution in [-0.4, -0.2) is 21.4 Å². The van der Waals surface area contributed by atoms with Crippen LogP contribution in [0.1, 0.15) is 40.3 Å². The maximum Gasteiger partial charge on any atom is 0.230 e. The molecule has 2 aromatic carbocycles. The van der Waals surface area contributed by atoms with Crippen LogP contribution in [0.25, 0.3) is 0 Å². The Hall–Kier alpha value is -2.60. The summed E-state index contributed by atoms with van der Waals surface area (Å²) in [7, 11) is 0. The molecule has 29 heavy (non-hydrogen) atoms. The number of nitrogens with one attached hydrogen (secondary N) is 1. The molecular formula is C23H26FN3OS. The van der Waals surface area contributed by atoms with Gasteiger partial charge < -0.3 is 5.32 Å². The summed E-state index contributed by atoms with van der Waals surface area (Å²) in [6.07, 6.45) is 0. The lowest BCUT2D eigenvalue weighted by Gasteiger charge is -2.12. The van der Waals surface area contributed by atoms with Gasteiger partial charge in [0.1, 0.15) is 5.82 Å². The van der Waals surface area contributed by atoms with Crippen LogP contribution in [0.2, 0.25) is 0 Å². The number of hydrogen-bond donors (Lipinski definition) is 1. The van der Waals surface area contributed by atoms with Crippen LogP contribution < -0.4 is 5.32 Å². The molecule has 1 aromatic heterocycles. The fraction of sp³-hybridized carbons (Fsp3) is 0.304. The number of carbonyl (C=O) groups excluding carboxylic acids is 1. The summed E-state index contributed by atoms with van der Waals surface area (Å²) in [4.78, 5) is 12.3. The fourth-order valence-electron chi connectivity index (χ4n) is 3.17. The zero-order chi connectivity index (χ0) is 20.8. The molecule has 0 aliphatic carbocycles. The van der Waals surface area contributed by atoms with Gasteiger partial charge in [0.25, 0.3) is 0 Å². The van der Waals surface area contributed by atoms with Gasteiger partial charge in [-0.05, 0) is 44.0 Å². The molecule has 0 saturated heterocycles. The van der Waals surface area contributed by atoms with Gasteiger partial charge in [-0.3, -0.25) is 9.48 Å². The van der Waals surface area contributed by atoms with E-state index < -0.39 is 0 Å². The summed E-state index contributed by atoms with van der Waals surface area (Å²) < 4.78 is 15.0. The quantitative estimate of drug-likeness (QED) is 0.579. The maximum absolute atomic E-state index is 13.0. The van der Waals surface area contributed by atoms with Crippen LogP contribution in [-0.2, 0) is 17.9 Å². The number of nitrogens with zero attached hydrogens (tertiary/aromatic N) is 2. The number of rotatable bonds is 8. The van der Waals surface area contributed by atoms with E-state index >= 15 is 0 Å². The van der Waals surface area contributed by atoms with Gasteiger partial charge >= 0.3 is 0 Å². The van der Waals surface area contributed by atoms with Crippen molar-refractivity contribution < 1.29 is 9.18 Å². The second-order valence-electron chi connectivity index (χ2n) is 7.07. The number of carbonyl (C=O) groups is 1. The summed E-state index contributed by atoms with van der Waals surface area (Å²) in [5, 5.41) is 7.76. The molecule has 3 rings (SSSR count). The number of aryl methyl sites for hydroxylation is 1. The lowest BCUT2D eigenvalue weighted by Crippen LogP contribution is -2.25. The Morgan fingerprint density at radius 2 is 1.83 bits per heavy atom. The van der Waals surface area contributed by atoms with Gasteiger partial charge in [-0.15, -0.1) is 11.8 Å². The second-order valence-corrected chi connectivity index (χ2v) is 8.40. The highest BCUT2D eigenvalue weighted by Crippen LogP contribution is 2.27. The highest BCUT2D eigenvalue weighted by molar-refractivity contribution is 8.00. The van der Waals surface area contributed by atoms with Crippen LogP contribution in [0.3, 0.4) is 0 Å². The van der Waals surface area contributed by atoms with Crippen molar-refractivity contribution in [1.82, 2.24) is 15.1 Å². The minimum absolute atomic E-state index is 0.0152. The molecule has 0 spiro atoms. The molecule has 1 atom stereocenters. The molecular weight excluding hydrogens is 385 g/mol. The fourth-order valence-corrected chi connectivity index (χ4v) is 4.02. The summed E-state index contributed by atoms with van der Waals surface area (Å²) in [5.41, 5.74) is 5.27. The Labute approximate surface area is 175 Å². The molecule has 1 heterocycles. The third-order valence-electron chi connectivity index (χ3n) is 4.97. The Morgan fingerprint density at radius 1 is 1.14 bits per heavy atom. The SMILES string of the molecule is Cc1nn(Cc2ccccc2)c(C)c1CNC(=O)CSC(C)c1ccc(F)cc1. The van der Waals surface area contributed by atoms with Crippen LogP contribution in [0.15, 0.2) is 54.6 Å². The van der Waals surface area contributed by atoms with E-state index in [1.807, 2.05) is 43.7 Å². The molecule has 152 valence electrons. The molecule has 0 fully saturated rings. The van der Waals surface area contributed by atoms with Gasteiger partial charge in [0, 0.05) is 23.1 Å². The van der Waals surface area contributed by atoms with Crippen LogP contribution in [0.5, 0.6) is 0 Å². The first-order valence-electron chi connectivity index (χ1n) is 9.64. The average molecular weight is 412 g/mol. The first-order valence-corrected chi connectivity index (χ1v) is 10.7. The minimum Gasteiger partial charge on any atom is -0.351 e. The molecule has 1 unspecified atom stereocenters. The predicted molar refractivity (Wildman–Crippen MR) is 116 cm³/mol. The smallest absolute Gasteiger partial charge is 0.230 e. The Bertz CT molecular complexity index is 954. The summed E-state index contributed by atoms with van der Waals surface area (Å²) >= 11 is 1.54. The Morgan fingerprint density at radius 3 is 2.52 bits per heavy atom. The van der Waals surface area contributed by atoms with Crippen molar-refractivity contribution in [3.05, 3.63) is 88.5 Å². The van der Waals surface area contributed by atoms with Crippen LogP contribution >= 0.6 is 11.8 Å². The molecule has 4 nitrogen and oxygen atoms in total. The van der Waals surface area contributed by atoms with Crippen molar-refractivity contribution in [2.45, 2.75) is 39.1 Å². The van der Waals surface area contributed by atoms with E-state index in [1.165, 1.54) is 29.5 Å². The van der Waals surface area contributed by atoms with Crippen LogP contribution in [0.4, 0.5) is 4.39 Å². The molecule has 0 radical (unpaired) electrons. The number of benzene rings is 2. The maximum atomic E-state index is 13.0. The normalized spacial score (nSPS) is 12.0. The molecule has 0 saturated carbocycles. The molecule has 3 aromatic rings. The van der Waals surface area contributed by atoms with Gasteiger partial charge in [-0.25, -0.2) is 4.39 Å². The molecule has 1 N–H and O–H groups in total. The number of thioether (sulfide) groups is 1. The van der Waals surface area contributed by atoms with E-state index in [9.17, 15) is 9.18 Å². The van der Waals surface area contributed by atoms with Crippen molar-refractivity contribution in [3.63, 3.8) is 0 Å². The molecule has 0 aliphatic heterocycles. The summed E-state index contributed by atoms with van der Waals surface area (Å²) in [5.74, 6) is 0.0928. The molecule has 0 aliphatic rings. The second kappa shape index (κ2) is 9.74. The topological polar surface area (TPSA) is 46.9 Å². The van der Waals surface area contributed by atoms with Crippen LogP contribution in [0, 0.1) is 19.7 Å². The number of aromatic nitrogens is 2. The van der Waals surface area contributed by atoms with E-state index in [-0.39, 0.29) is 17.0 Å². The van der Waals surface area contributed by atoms with Crippen molar-refractivity contribution in [2.24, 2.45) is 0 Å². The summed E-state index contributed by atoms with van der Waals surface area (Å²) in [6, 6.07) is 16.6. The molecule has 6 heteroatoms. The number of halogens is 1. The van der Waals surface area contributed by atoms with E-state index in [2.05, 4.69) is 22.5 Å². The number of amides is 1. The monoisotopic (exact) mass is 411 g/mol. The zero-order valence-electron chi connectivity index (χ0n) is 17.0. The predicted octanol–water partition coefficient (Wildman–Crippen LogP) is 4.80. The third kappa shape index (κ3) is 5.70. The van der Waals surface area contributed by atoms with Gasteiger partial charge in [0.15, 0.2) is 0 Å². The van der Waals surface area contributed by atoms with E-state index in [4.69, 9.17) is 0 Å². The first kappa shape index (κ1) is 21.1. The highest BCUT2D eigenvalue weighted by Gasteiger charge is 2.14. The van der Waals surface area contributed by atoms with Crippen molar-refractivity contribution in [3.8, 4) is 0 Å². The van der Waals surface area contributed by atoms with Gasteiger partial charge in [-0.1, -0.05) is 42.5 Å². The first-order chi connectivity index (χ1) is 13.9. The largest absolute Gasteiger partial charge is 0.351 e. The third-order valence-corrected chi connectivity index (χ3v) is 6.17. The van der Waals surface area contributed by atoms with E-state index in [0.717, 1.165) is 22.5 Å². The minimum atomic E-state index is -0.248. The lowest BCUT2D eigenvalue weighted by atomic mass is 10.2. The van der Waals surface area contributed by atoms with Crippen molar-refractivity contribution >= 4 is 17.7 Å². The highest BCUT2D eigenvalue weighted by atomic mass is 32.2. The van der Waals surface area contributed by atoms with Gasteiger partial charge in [-0.2, -0.15) is 5.10 Å². The van der Waals surface area contributed by atoms with Gasteiger partial charge in [0.05, 0.1) is 18.0 Å². The lowest BCUT2D eigenvalue weighted by molar-refractivity contribution is -0.118. The summed E-state index contributed by atoms with van der Waals surface area (Å²) in [6.45, 7) is 7.22. The number of hydrogen-bond acceptors (Lipinski definition) is 3. The zero-order valence-corrected chi connectivity index (χ0v) is 17.8. The van der Waals surface area contributed by atoms with Gasteiger partial charge in [0.2, 0.25) is 5.91 Å². The Kier molecular flexibility index (Phi) is 7.09. The molecule has 1 amide bonds. The van der Waals surface area contributed by atoms with E-state index in [0.29, 0.717) is 18.8 Å².